The van der Waals surface area contributed by atoms with Crippen molar-refractivity contribution in [1.82, 2.24) is 0 Å². The van der Waals surface area contributed by atoms with Crippen molar-refractivity contribution in [3.63, 3.8) is 0 Å². The van der Waals surface area contributed by atoms with E-state index >= 15 is 0 Å². The smallest absolute Gasteiger partial charge is 0.333 e. The molecule has 2 aromatic carbocycles. The normalized spacial score (nSPS) is 13.7. The SMILES string of the molecule is CCOC(=O)C(C)=CP(=O)(C(=O)c1c(C)cc(C)cc1C)c1ccccc1. The molecule has 0 saturated heterocycles. The van der Waals surface area contributed by atoms with Crippen LogP contribution in [-0.2, 0) is 14.1 Å². The summed E-state index contributed by atoms with van der Waals surface area (Å²) in [5.41, 5.74) is 2.73. The maximum absolute atomic E-state index is 14.0. The molecule has 1 atom stereocenters. The average molecular weight is 384 g/mol. The lowest BCUT2D eigenvalue weighted by molar-refractivity contribution is -0.138. The van der Waals surface area contributed by atoms with Gasteiger partial charge in [0.25, 0.3) is 0 Å². The molecule has 0 amide bonds. The number of ether oxygens (including phenoxy) is 1. The molecule has 142 valence electrons. The van der Waals surface area contributed by atoms with Gasteiger partial charge in [-0.15, -0.1) is 0 Å². The van der Waals surface area contributed by atoms with Gasteiger partial charge in [-0.3, -0.25) is 4.79 Å². The largest absolute Gasteiger partial charge is 0.463 e. The van der Waals surface area contributed by atoms with E-state index < -0.39 is 18.6 Å². The van der Waals surface area contributed by atoms with E-state index in [-0.39, 0.29) is 12.2 Å². The first-order valence-electron chi connectivity index (χ1n) is 8.85. The quantitative estimate of drug-likeness (QED) is 0.403. The maximum atomic E-state index is 14.0. The van der Waals surface area contributed by atoms with Crippen molar-refractivity contribution in [2.45, 2.75) is 34.6 Å². The summed E-state index contributed by atoms with van der Waals surface area (Å²) in [6.45, 7) is 9.07. The van der Waals surface area contributed by atoms with Crippen LogP contribution in [0.1, 0.15) is 40.9 Å². The van der Waals surface area contributed by atoms with Crippen LogP contribution in [0.25, 0.3) is 0 Å². The van der Waals surface area contributed by atoms with Crippen LogP contribution in [0.2, 0.25) is 0 Å². The molecule has 0 spiro atoms. The highest BCUT2D eigenvalue weighted by Gasteiger charge is 2.35. The number of benzene rings is 2. The van der Waals surface area contributed by atoms with Crippen molar-refractivity contribution in [3.05, 3.63) is 76.1 Å². The average Bonchev–Trinajstić information content (AvgIpc) is 2.61. The van der Waals surface area contributed by atoms with Crippen LogP contribution in [0, 0.1) is 20.8 Å². The molecule has 0 aliphatic carbocycles. The second-order valence-corrected chi connectivity index (χ2v) is 9.10. The highest BCUT2D eigenvalue weighted by molar-refractivity contribution is 7.90. The zero-order chi connectivity index (χ0) is 20.2. The Kier molecular flexibility index (Phi) is 6.56. The van der Waals surface area contributed by atoms with Crippen LogP contribution in [0.5, 0.6) is 0 Å². The number of hydrogen-bond acceptors (Lipinski definition) is 4. The molecular formula is C22H25O4P. The van der Waals surface area contributed by atoms with Gasteiger partial charge in [0, 0.05) is 16.4 Å². The number of aryl methyl sites for hydroxylation is 3. The number of carbonyl (C=O) groups is 2. The third-order valence-corrected chi connectivity index (χ3v) is 6.95. The lowest BCUT2D eigenvalue weighted by Crippen LogP contribution is -2.15. The molecule has 0 bridgehead atoms. The van der Waals surface area contributed by atoms with Crippen molar-refractivity contribution in [3.8, 4) is 0 Å². The second-order valence-electron chi connectivity index (χ2n) is 6.60. The Morgan fingerprint density at radius 1 is 1.04 bits per heavy atom. The van der Waals surface area contributed by atoms with Gasteiger partial charge in [0.2, 0.25) is 12.7 Å². The minimum atomic E-state index is -3.69. The van der Waals surface area contributed by atoms with E-state index in [1.54, 1.807) is 37.3 Å². The van der Waals surface area contributed by atoms with Crippen molar-refractivity contribution in [2.75, 3.05) is 6.61 Å². The zero-order valence-corrected chi connectivity index (χ0v) is 17.3. The minimum Gasteiger partial charge on any atom is -0.463 e. The fourth-order valence-electron chi connectivity index (χ4n) is 3.15. The Balaban J connectivity index is 2.68. The molecule has 1 unspecified atom stereocenters. The summed E-state index contributed by atoms with van der Waals surface area (Å²) in [4.78, 5) is 25.5. The molecule has 0 radical (unpaired) electrons. The summed E-state index contributed by atoms with van der Waals surface area (Å²) >= 11 is 0. The van der Waals surface area contributed by atoms with Gasteiger partial charge in [-0.1, -0.05) is 48.0 Å². The molecule has 0 heterocycles. The van der Waals surface area contributed by atoms with Gasteiger partial charge in [-0.25, -0.2) is 4.79 Å². The first-order chi connectivity index (χ1) is 12.7. The summed E-state index contributed by atoms with van der Waals surface area (Å²) in [5, 5.41) is 0.401. The van der Waals surface area contributed by atoms with Crippen molar-refractivity contribution in [2.24, 2.45) is 0 Å². The first kappa shape index (κ1) is 20.9. The predicted molar refractivity (Wildman–Crippen MR) is 109 cm³/mol. The van der Waals surface area contributed by atoms with E-state index in [0.29, 0.717) is 10.9 Å². The second kappa shape index (κ2) is 8.49. The first-order valence-corrected chi connectivity index (χ1v) is 10.6. The van der Waals surface area contributed by atoms with Crippen LogP contribution < -0.4 is 5.30 Å². The van der Waals surface area contributed by atoms with Gasteiger partial charge < -0.3 is 9.30 Å². The highest BCUT2D eigenvalue weighted by atomic mass is 31.2. The fraction of sp³-hybridized carbons (Fsp3) is 0.273. The molecule has 0 N–H and O–H groups in total. The summed E-state index contributed by atoms with van der Waals surface area (Å²) < 4.78 is 19.0. The topological polar surface area (TPSA) is 60.4 Å². The predicted octanol–water partition coefficient (Wildman–Crippen LogP) is 4.91. The van der Waals surface area contributed by atoms with Crippen molar-refractivity contribution < 1.29 is 18.9 Å². The van der Waals surface area contributed by atoms with Crippen LogP contribution >= 0.6 is 7.14 Å². The van der Waals surface area contributed by atoms with Crippen LogP contribution in [0.4, 0.5) is 0 Å². The molecule has 0 aliphatic heterocycles. The number of rotatable bonds is 6. The summed E-state index contributed by atoms with van der Waals surface area (Å²) in [6, 6.07) is 12.4. The Labute approximate surface area is 160 Å². The molecule has 2 rings (SSSR count). The Morgan fingerprint density at radius 2 is 1.59 bits per heavy atom. The van der Waals surface area contributed by atoms with E-state index in [1.807, 2.05) is 32.9 Å². The molecule has 0 fully saturated rings. The fourth-order valence-corrected chi connectivity index (χ4v) is 5.61. The third-order valence-electron chi connectivity index (χ3n) is 4.31. The van der Waals surface area contributed by atoms with Gasteiger partial charge in [-0.05, 0) is 51.6 Å². The number of carbonyl (C=O) groups excluding carboxylic acids is 2. The van der Waals surface area contributed by atoms with E-state index in [1.165, 1.54) is 12.7 Å². The van der Waals surface area contributed by atoms with Crippen LogP contribution in [0.15, 0.2) is 53.9 Å². The molecule has 0 aromatic heterocycles. The molecule has 4 nitrogen and oxygen atoms in total. The monoisotopic (exact) mass is 384 g/mol. The van der Waals surface area contributed by atoms with Crippen LogP contribution in [-0.4, -0.2) is 18.1 Å². The lowest BCUT2D eigenvalue weighted by atomic mass is 10.0. The Hall–Kier alpha value is -2.45. The highest BCUT2D eigenvalue weighted by Crippen LogP contribution is 2.51. The Morgan fingerprint density at radius 3 is 2.11 bits per heavy atom. The van der Waals surface area contributed by atoms with E-state index in [4.69, 9.17) is 4.74 Å². The van der Waals surface area contributed by atoms with E-state index in [2.05, 4.69) is 0 Å². The molecule has 27 heavy (non-hydrogen) atoms. The molecular weight excluding hydrogens is 359 g/mol. The lowest BCUT2D eigenvalue weighted by Gasteiger charge is -2.18. The molecule has 2 aromatic rings. The Bertz CT molecular complexity index is 919. The van der Waals surface area contributed by atoms with Crippen LogP contribution in [0.3, 0.4) is 0 Å². The number of hydrogen-bond donors (Lipinski definition) is 0. The molecule has 0 saturated carbocycles. The van der Waals surface area contributed by atoms with Gasteiger partial charge in [-0.2, -0.15) is 0 Å². The van der Waals surface area contributed by atoms with Gasteiger partial charge in [0.05, 0.1) is 6.61 Å². The van der Waals surface area contributed by atoms with Gasteiger partial charge >= 0.3 is 5.97 Å². The zero-order valence-electron chi connectivity index (χ0n) is 16.4. The number of esters is 1. The van der Waals surface area contributed by atoms with E-state index in [9.17, 15) is 14.2 Å². The maximum Gasteiger partial charge on any atom is 0.333 e. The standard InChI is InChI=1S/C22H25O4P/c1-6-26-21(23)18(5)14-27(25,19-10-8-7-9-11-19)22(24)20-16(3)12-15(2)13-17(20)4/h7-14H,6H2,1-5H3. The molecule has 0 aliphatic rings. The van der Waals surface area contributed by atoms with Crippen molar-refractivity contribution >= 4 is 23.9 Å². The van der Waals surface area contributed by atoms with Gasteiger partial charge in [0.1, 0.15) is 0 Å². The van der Waals surface area contributed by atoms with Gasteiger partial charge in [0.15, 0.2) is 0 Å². The summed E-state index contributed by atoms with van der Waals surface area (Å²) in [6.07, 6.45) is 0. The van der Waals surface area contributed by atoms with Crippen molar-refractivity contribution in [1.29, 1.82) is 0 Å². The summed E-state index contributed by atoms with van der Waals surface area (Å²) in [5.74, 6) is 0.723. The minimum absolute atomic E-state index is 0.166. The summed E-state index contributed by atoms with van der Waals surface area (Å²) in [7, 11) is -3.69. The third kappa shape index (κ3) is 4.45. The molecule has 5 heteroatoms. The van der Waals surface area contributed by atoms with E-state index in [0.717, 1.165) is 16.7 Å².